The van der Waals surface area contributed by atoms with E-state index in [1.54, 1.807) is 0 Å². The van der Waals surface area contributed by atoms with Gasteiger partial charge in [0.2, 0.25) is 0 Å². The third kappa shape index (κ3) is 2.66. The summed E-state index contributed by atoms with van der Waals surface area (Å²) in [6.45, 7) is 9.98. The summed E-state index contributed by atoms with van der Waals surface area (Å²) in [6.07, 6.45) is 3.37. The van der Waals surface area contributed by atoms with Gasteiger partial charge in [-0.3, -0.25) is 0 Å². The van der Waals surface area contributed by atoms with Crippen LogP contribution in [-0.4, -0.2) is 4.57 Å². The van der Waals surface area contributed by atoms with Gasteiger partial charge in [0, 0.05) is 28.7 Å². The number of aromatic nitrogens is 1. The fourth-order valence-electron chi connectivity index (χ4n) is 2.32. The predicted octanol–water partition coefficient (Wildman–Crippen LogP) is 4.90. The lowest BCUT2D eigenvalue weighted by Gasteiger charge is -2.17. The average Bonchev–Trinajstić information content (AvgIpc) is 2.53. The van der Waals surface area contributed by atoms with Crippen molar-refractivity contribution in [2.45, 2.75) is 40.7 Å². The topological polar surface area (TPSA) is 4.93 Å². The molecule has 0 aliphatic rings. The van der Waals surface area contributed by atoms with Crippen LogP contribution in [0.3, 0.4) is 0 Å². The Morgan fingerprint density at radius 1 is 1.24 bits per heavy atom. The zero-order valence-corrected chi connectivity index (χ0v) is 11.8. The van der Waals surface area contributed by atoms with Crippen LogP contribution in [0.5, 0.6) is 0 Å². The van der Waals surface area contributed by atoms with Crippen molar-refractivity contribution in [1.29, 1.82) is 0 Å². The van der Waals surface area contributed by atoms with Crippen LogP contribution in [0.4, 0.5) is 0 Å². The van der Waals surface area contributed by atoms with Gasteiger partial charge in [0.25, 0.3) is 0 Å². The molecular weight excluding hydrogens is 230 g/mol. The van der Waals surface area contributed by atoms with Gasteiger partial charge < -0.3 is 4.57 Å². The first kappa shape index (κ1) is 12.5. The van der Waals surface area contributed by atoms with Crippen LogP contribution < -0.4 is 0 Å². The quantitative estimate of drug-likeness (QED) is 0.713. The van der Waals surface area contributed by atoms with Gasteiger partial charge in [0.15, 0.2) is 0 Å². The zero-order valence-electron chi connectivity index (χ0n) is 11.0. The fraction of sp³-hybridized carbons (Fsp3) is 0.467. The van der Waals surface area contributed by atoms with E-state index in [2.05, 4.69) is 50.6 Å². The fourth-order valence-corrected chi connectivity index (χ4v) is 2.48. The van der Waals surface area contributed by atoms with Crippen LogP contribution in [0.25, 0.3) is 10.9 Å². The van der Waals surface area contributed by atoms with Crippen LogP contribution in [-0.2, 0) is 13.0 Å². The molecule has 1 nitrogen and oxygen atoms in total. The SMILES string of the molecule is CCn1cc(CC(C)(C)C)c2ccc(Cl)cc21. The molecule has 0 aliphatic heterocycles. The van der Waals surface area contributed by atoms with E-state index in [1.807, 2.05) is 6.07 Å². The lowest BCUT2D eigenvalue weighted by molar-refractivity contribution is 0.412. The molecule has 0 aliphatic carbocycles. The number of nitrogens with zero attached hydrogens (tertiary/aromatic N) is 1. The van der Waals surface area contributed by atoms with Crippen molar-refractivity contribution in [3.05, 3.63) is 35.0 Å². The second-order valence-electron chi connectivity index (χ2n) is 5.84. The Morgan fingerprint density at radius 3 is 2.53 bits per heavy atom. The lowest BCUT2D eigenvalue weighted by atomic mass is 9.88. The highest BCUT2D eigenvalue weighted by molar-refractivity contribution is 6.31. The summed E-state index contributed by atoms with van der Waals surface area (Å²) in [5, 5.41) is 2.15. The van der Waals surface area contributed by atoms with E-state index in [0.29, 0.717) is 5.41 Å². The molecule has 17 heavy (non-hydrogen) atoms. The predicted molar refractivity (Wildman–Crippen MR) is 75.8 cm³/mol. The summed E-state index contributed by atoms with van der Waals surface area (Å²) < 4.78 is 2.28. The van der Waals surface area contributed by atoms with Crippen LogP contribution in [0.2, 0.25) is 5.02 Å². The van der Waals surface area contributed by atoms with E-state index >= 15 is 0 Å². The molecule has 1 heterocycles. The monoisotopic (exact) mass is 249 g/mol. The van der Waals surface area contributed by atoms with Crippen molar-refractivity contribution in [2.24, 2.45) is 5.41 Å². The standard InChI is InChI=1S/C15H20ClN/c1-5-17-10-11(9-15(2,3)4)13-7-6-12(16)8-14(13)17/h6-8,10H,5,9H2,1-4H3. The lowest BCUT2D eigenvalue weighted by Crippen LogP contribution is -2.08. The molecule has 0 fully saturated rings. The molecule has 92 valence electrons. The molecule has 0 N–H and O–H groups in total. The van der Waals surface area contributed by atoms with Crippen LogP contribution in [0, 0.1) is 5.41 Å². The molecule has 2 rings (SSSR count). The number of aryl methyl sites for hydroxylation is 1. The first-order valence-corrected chi connectivity index (χ1v) is 6.56. The van der Waals surface area contributed by atoms with E-state index in [1.165, 1.54) is 16.5 Å². The van der Waals surface area contributed by atoms with Crippen molar-refractivity contribution >= 4 is 22.5 Å². The number of hydrogen-bond donors (Lipinski definition) is 0. The van der Waals surface area contributed by atoms with Crippen LogP contribution >= 0.6 is 11.6 Å². The molecule has 1 aromatic carbocycles. The number of hydrogen-bond acceptors (Lipinski definition) is 0. The Bertz CT molecular complexity index is 532. The number of halogens is 1. The molecule has 0 spiro atoms. The Balaban J connectivity index is 2.57. The second-order valence-corrected chi connectivity index (χ2v) is 6.28. The van der Waals surface area contributed by atoms with Crippen molar-refractivity contribution in [3.63, 3.8) is 0 Å². The first-order valence-electron chi connectivity index (χ1n) is 6.18. The minimum atomic E-state index is 0.312. The van der Waals surface area contributed by atoms with E-state index < -0.39 is 0 Å². The van der Waals surface area contributed by atoms with Gasteiger partial charge in [-0.1, -0.05) is 38.4 Å². The Kier molecular flexibility index (Phi) is 3.22. The van der Waals surface area contributed by atoms with Crippen molar-refractivity contribution in [1.82, 2.24) is 4.57 Å². The summed E-state index contributed by atoms with van der Waals surface area (Å²) in [5.74, 6) is 0. The van der Waals surface area contributed by atoms with E-state index in [4.69, 9.17) is 11.6 Å². The highest BCUT2D eigenvalue weighted by Crippen LogP contribution is 2.29. The highest BCUT2D eigenvalue weighted by Gasteiger charge is 2.16. The highest BCUT2D eigenvalue weighted by atomic mass is 35.5. The molecule has 2 heteroatoms. The molecule has 0 bridgehead atoms. The Hall–Kier alpha value is -0.950. The van der Waals surface area contributed by atoms with E-state index in [9.17, 15) is 0 Å². The molecular formula is C15H20ClN. The Labute approximate surface area is 108 Å². The maximum Gasteiger partial charge on any atom is 0.0497 e. The van der Waals surface area contributed by atoms with Gasteiger partial charge in [-0.2, -0.15) is 0 Å². The summed E-state index contributed by atoms with van der Waals surface area (Å²) in [6, 6.07) is 6.19. The number of benzene rings is 1. The minimum absolute atomic E-state index is 0.312. The third-order valence-corrected chi connectivity index (χ3v) is 3.22. The maximum atomic E-state index is 6.08. The van der Waals surface area contributed by atoms with E-state index in [-0.39, 0.29) is 0 Å². The number of rotatable bonds is 2. The normalized spacial score (nSPS) is 12.3. The summed E-state index contributed by atoms with van der Waals surface area (Å²) >= 11 is 6.08. The van der Waals surface area contributed by atoms with Crippen molar-refractivity contribution < 1.29 is 0 Å². The van der Waals surface area contributed by atoms with Gasteiger partial charge >= 0.3 is 0 Å². The van der Waals surface area contributed by atoms with Crippen molar-refractivity contribution in [3.8, 4) is 0 Å². The number of fused-ring (bicyclic) bond motifs is 1. The maximum absolute atomic E-state index is 6.08. The van der Waals surface area contributed by atoms with E-state index in [0.717, 1.165) is 18.0 Å². The smallest absolute Gasteiger partial charge is 0.0497 e. The molecule has 0 amide bonds. The first-order chi connectivity index (χ1) is 7.90. The van der Waals surface area contributed by atoms with Gasteiger partial charge in [0.1, 0.15) is 0 Å². The molecule has 0 saturated heterocycles. The molecule has 0 radical (unpaired) electrons. The molecule has 0 saturated carbocycles. The van der Waals surface area contributed by atoms with Gasteiger partial charge in [-0.05, 0) is 36.5 Å². The Morgan fingerprint density at radius 2 is 1.94 bits per heavy atom. The van der Waals surface area contributed by atoms with Crippen LogP contribution in [0.1, 0.15) is 33.3 Å². The third-order valence-electron chi connectivity index (χ3n) is 2.99. The van der Waals surface area contributed by atoms with Gasteiger partial charge in [-0.15, -0.1) is 0 Å². The van der Waals surface area contributed by atoms with Crippen molar-refractivity contribution in [2.75, 3.05) is 0 Å². The van der Waals surface area contributed by atoms with Gasteiger partial charge in [-0.25, -0.2) is 0 Å². The summed E-state index contributed by atoms with van der Waals surface area (Å²) in [7, 11) is 0. The van der Waals surface area contributed by atoms with Gasteiger partial charge in [0.05, 0.1) is 0 Å². The average molecular weight is 250 g/mol. The van der Waals surface area contributed by atoms with Crippen LogP contribution in [0.15, 0.2) is 24.4 Å². The largest absolute Gasteiger partial charge is 0.347 e. The minimum Gasteiger partial charge on any atom is -0.347 e. The zero-order chi connectivity index (χ0) is 12.6. The molecule has 0 unspecified atom stereocenters. The molecule has 0 atom stereocenters. The summed E-state index contributed by atoms with van der Waals surface area (Å²) in [4.78, 5) is 0. The molecule has 2 aromatic rings. The second kappa shape index (κ2) is 4.38. The summed E-state index contributed by atoms with van der Waals surface area (Å²) in [5.41, 5.74) is 2.98. The molecule has 1 aromatic heterocycles.